The number of hydrogen-bond acceptors (Lipinski definition) is 3. The van der Waals surface area contributed by atoms with Crippen molar-refractivity contribution in [1.29, 1.82) is 0 Å². The zero-order valence-corrected chi connectivity index (χ0v) is 12.0. The van der Waals surface area contributed by atoms with Crippen LogP contribution in [0.5, 0.6) is 0 Å². The highest BCUT2D eigenvalue weighted by Gasteiger charge is 2.25. The van der Waals surface area contributed by atoms with Gasteiger partial charge >= 0.3 is 0 Å². The molecule has 0 amide bonds. The molecule has 1 aliphatic carbocycles. The summed E-state index contributed by atoms with van der Waals surface area (Å²) in [7, 11) is 3.90. The van der Waals surface area contributed by atoms with Crippen LogP contribution in [0.1, 0.15) is 25.7 Å². The Hall–Kier alpha value is 0.360. The Labute approximate surface area is 108 Å². The van der Waals surface area contributed by atoms with Gasteiger partial charge in [0.15, 0.2) is 0 Å². The van der Waals surface area contributed by atoms with Crippen LogP contribution in [0.25, 0.3) is 0 Å². The Kier molecular flexibility index (Phi) is 7.62. The topological polar surface area (TPSA) is 21.7 Å². The van der Waals surface area contributed by atoms with Gasteiger partial charge in [-0.15, -0.1) is 0 Å². The van der Waals surface area contributed by atoms with Gasteiger partial charge in [-0.25, -0.2) is 0 Å². The van der Waals surface area contributed by atoms with Crippen molar-refractivity contribution in [3.05, 3.63) is 0 Å². The fourth-order valence-corrected chi connectivity index (χ4v) is 3.17. The summed E-state index contributed by atoms with van der Waals surface area (Å²) in [6.07, 6.45) is 5.34. The summed E-state index contributed by atoms with van der Waals surface area (Å²) >= 11 is 3.79. The molecular weight excluding hydrogens is 270 g/mol. The van der Waals surface area contributed by atoms with Gasteiger partial charge in [0.1, 0.15) is 0 Å². The maximum Gasteiger partial charge on any atom is 0.0700 e. The van der Waals surface area contributed by atoms with Crippen LogP contribution in [0.15, 0.2) is 0 Å². The summed E-state index contributed by atoms with van der Waals surface area (Å²) in [5.74, 6) is 0. The van der Waals surface area contributed by atoms with Crippen LogP contribution in [-0.4, -0.2) is 56.3 Å². The number of likely N-dealkylation sites (N-methyl/N-ethyl adjacent to an activating group) is 1. The summed E-state index contributed by atoms with van der Waals surface area (Å²) < 4.78 is 10.4. The molecule has 16 heavy (non-hydrogen) atoms. The summed E-state index contributed by atoms with van der Waals surface area (Å²) in [4.78, 5) is 3.08. The van der Waals surface area contributed by atoms with Crippen molar-refractivity contribution >= 4 is 15.9 Å². The Balaban J connectivity index is 2.10. The molecule has 0 N–H and O–H groups in total. The van der Waals surface area contributed by atoms with Crippen molar-refractivity contribution in [2.24, 2.45) is 0 Å². The van der Waals surface area contributed by atoms with E-state index in [1.807, 2.05) is 0 Å². The van der Waals surface area contributed by atoms with E-state index in [0.29, 0.717) is 24.1 Å². The molecule has 1 fully saturated rings. The normalized spacial score (nSPS) is 26.2. The number of ether oxygens (including phenoxy) is 2. The molecule has 3 nitrogen and oxygen atoms in total. The highest BCUT2D eigenvalue weighted by Crippen LogP contribution is 2.27. The molecule has 0 aliphatic heterocycles. The zero-order valence-electron chi connectivity index (χ0n) is 10.5. The summed E-state index contributed by atoms with van der Waals surface area (Å²) in [6.45, 7) is 3.20. The molecule has 0 heterocycles. The Morgan fingerprint density at radius 3 is 2.62 bits per heavy atom. The molecule has 2 unspecified atom stereocenters. The third-order valence-electron chi connectivity index (χ3n) is 3.23. The van der Waals surface area contributed by atoms with E-state index in [9.17, 15) is 0 Å². The fraction of sp³-hybridized carbons (Fsp3) is 1.00. The molecule has 0 aromatic carbocycles. The van der Waals surface area contributed by atoms with Gasteiger partial charge in [0.05, 0.1) is 19.8 Å². The molecule has 0 spiro atoms. The van der Waals surface area contributed by atoms with E-state index in [-0.39, 0.29) is 0 Å². The molecule has 1 saturated carbocycles. The smallest absolute Gasteiger partial charge is 0.0700 e. The van der Waals surface area contributed by atoms with Crippen molar-refractivity contribution < 1.29 is 9.47 Å². The quantitative estimate of drug-likeness (QED) is 0.531. The number of hydrogen-bond donors (Lipinski definition) is 0. The van der Waals surface area contributed by atoms with Crippen molar-refractivity contribution in [2.45, 2.75) is 36.6 Å². The van der Waals surface area contributed by atoms with E-state index in [4.69, 9.17) is 9.47 Å². The van der Waals surface area contributed by atoms with E-state index in [0.717, 1.165) is 13.2 Å². The van der Waals surface area contributed by atoms with Crippen LogP contribution in [-0.2, 0) is 9.47 Å². The SMILES string of the molecule is COCCOCCN(C)C1CCCCC1Br. The second-order valence-electron chi connectivity index (χ2n) is 4.45. The molecule has 1 rings (SSSR count). The second kappa shape index (κ2) is 8.45. The number of rotatable bonds is 7. The standard InChI is InChI=1S/C12H24BrNO2/c1-14(7-8-16-10-9-15-2)12-6-4-3-5-11(12)13/h11-12H,3-10H2,1-2H3. The molecule has 4 heteroatoms. The zero-order chi connectivity index (χ0) is 11.8. The predicted octanol–water partition coefficient (Wildman–Crippen LogP) is 2.29. The van der Waals surface area contributed by atoms with Gasteiger partial charge in [0.2, 0.25) is 0 Å². The highest BCUT2D eigenvalue weighted by atomic mass is 79.9. The van der Waals surface area contributed by atoms with Crippen LogP contribution in [0.3, 0.4) is 0 Å². The number of nitrogens with zero attached hydrogens (tertiary/aromatic N) is 1. The minimum Gasteiger partial charge on any atom is -0.382 e. The molecular formula is C12H24BrNO2. The van der Waals surface area contributed by atoms with Gasteiger partial charge in [-0.3, -0.25) is 0 Å². The number of halogens is 1. The van der Waals surface area contributed by atoms with Crippen LogP contribution in [0.4, 0.5) is 0 Å². The predicted molar refractivity (Wildman–Crippen MR) is 70.3 cm³/mol. The lowest BCUT2D eigenvalue weighted by Gasteiger charge is -2.35. The summed E-state index contributed by atoms with van der Waals surface area (Å²) in [5.41, 5.74) is 0. The maximum absolute atomic E-state index is 5.49. The molecule has 0 aromatic heterocycles. The van der Waals surface area contributed by atoms with E-state index in [1.165, 1.54) is 25.7 Å². The van der Waals surface area contributed by atoms with Crippen molar-refractivity contribution in [3.63, 3.8) is 0 Å². The van der Waals surface area contributed by atoms with E-state index in [2.05, 4.69) is 27.9 Å². The monoisotopic (exact) mass is 293 g/mol. The van der Waals surface area contributed by atoms with Crippen molar-refractivity contribution in [2.75, 3.05) is 40.5 Å². The van der Waals surface area contributed by atoms with E-state index < -0.39 is 0 Å². The van der Waals surface area contributed by atoms with Crippen LogP contribution in [0, 0.1) is 0 Å². The first-order chi connectivity index (χ1) is 7.75. The van der Waals surface area contributed by atoms with Gasteiger partial charge in [-0.1, -0.05) is 28.8 Å². The lowest BCUT2D eigenvalue weighted by Crippen LogP contribution is -2.42. The fourth-order valence-electron chi connectivity index (χ4n) is 2.18. The third kappa shape index (κ3) is 5.13. The minimum atomic E-state index is 0.658. The minimum absolute atomic E-state index is 0.658. The number of alkyl halides is 1. The average Bonchev–Trinajstić information content (AvgIpc) is 2.29. The maximum atomic E-state index is 5.49. The largest absolute Gasteiger partial charge is 0.382 e. The van der Waals surface area contributed by atoms with E-state index in [1.54, 1.807) is 7.11 Å². The van der Waals surface area contributed by atoms with Gasteiger partial charge in [-0.2, -0.15) is 0 Å². The van der Waals surface area contributed by atoms with Gasteiger partial charge in [0, 0.05) is 24.5 Å². The molecule has 0 aromatic rings. The first-order valence-corrected chi connectivity index (χ1v) is 7.08. The Bertz CT molecular complexity index is 180. The Morgan fingerprint density at radius 2 is 1.94 bits per heavy atom. The first kappa shape index (κ1) is 14.4. The van der Waals surface area contributed by atoms with E-state index >= 15 is 0 Å². The van der Waals surface area contributed by atoms with Crippen molar-refractivity contribution in [1.82, 2.24) is 4.90 Å². The van der Waals surface area contributed by atoms with Crippen LogP contribution in [0.2, 0.25) is 0 Å². The molecule has 1 aliphatic rings. The molecule has 0 radical (unpaired) electrons. The lowest BCUT2D eigenvalue weighted by molar-refractivity contribution is 0.0524. The van der Waals surface area contributed by atoms with Crippen molar-refractivity contribution in [3.8, 4) is 0 Å². The molecule has 0 saturated heterocycles. The second-order valence-corrected chi connectivity index (χ2v) is 5.63. The Morgan fingerprint density at radius 1 is 1.19 bits per heavy atom. The molecule has 0 bridgehead atoms. The van der Waals surface area contributed by atoms with Crippen LogP contribution < -0.4 is 0 Å². The average molecular weight is 294 g/mol. The molecule has 96 valence electrons. The molecule has 2 atom stereocenters. The van der Waals surface area contributed by atoms with Gasteiger partial charge < -0.3 is 14.4 Å². The first-order valence-electron chi connectivity index (χ1n) is 6.16. The third-order valence-corrected chi connectivity index (χ3v) is 4.30. The highest BCUT2D eigenvalue weighted by molar-refractivity contribution is 9.09. The lowest BCUT2D eigenvalue weighted by atomic mass is 9.94. The van der Waals surface area contributed by atoms with Crippen LogP contribution >= 0.6 is 15.9 Å². The van der Waals surface area contributed by atoms with Gasteiger partial charge in [-0.05, 0) is 19.9 Å². The number of methoxy groups -OCH3 is 1. The summed E-state index contributed by atoms with van der Waals surface area (Å²) in [6, 6.07) is 0.680. The summed E-state index contributed by atoms with van der Waals surface area (Å²) in [5, 5.41) is 0. The van der Waals surface area contributed by atoms with Gasteiger partial charge in [0.25, 0.3) is 0 Å².